The molecule has 5 nitrogen and oxygen atoms in total. The van der Waals surface area contributed by atoms with E-state index in [-0.39, 0.29) is 18.7 Å². The molecule has 0 fully saturated rings. The minimum Gasteiger partial charge on any atom is -0.463 e. The summed E-state index contributed by atoms with van der Waals surface area (Å²) in [6, 6.07) is 0. The van der Waals surface area contributed by atoms with E-state index < -0.39 is 0 Å². The van der Waals surface area contributed by atoms with Crippen LogP contribution in [0, 0.1) is 0 Å². The van der Waals surface area contributed by atoms with E-state index in [1.807, 2.05) is 14.1 Å². The lowest BCUT2D eigenvalue weighted by Crippen LogP contribution is -2.28. The molecule has 0 heterocycles. The average Bonchev–Trinajstić information content (AvgIpc) is 3.10. The van der Waals surface area contributed by atoms with Gasteiger partial charge in [-0.2, -0.15) is 0 Å². The Hall–Kier alpha value is -1.69. The molecule has 0 saturated heterocycles. The number of unbranched alkanes of at least 4 members (excludes halogenated alkanes) is 18. The molecular weight excluding hydrogens is 618 g/mol. The number of nitrogens with zero attached hydrogens (tertiary/aromatic N) is 1. The van der Waals surface area contributed by atoms with Crippen molar-refractivity contribution in [3.63, 3.8) is 0 Å². The molecule has 0 aromatic rings. The third kappa shape index (κ3) is 40.7. The predicted molar refractivity (Wildman–Crippen MR) is 218 cm³/mol. The largest absolute Gasteiger partial charge is 0.463 e. The number of carbonyl (C=O) groups is 1. The molecule has 50 heavy (non-hydrogen) atoms. The van der Waals surface area contributed by atoms with E-state index >= 15 is 0 Å². The molecule has 292 valence electrons. The highest BCUT2D eigenvalue weighted by Gasteiger charge is 2.13. The van der Waals surface area contributed by atoms with Crippen molar-refractivity contribution in [2.45, 2.75) is 187 Å². The summed E-state index contributed by atoms with van der Waals surface area (Å²) in [6.07, 6.45) is 49.4. The molecule has 0 spiro atoms. The Bertz CT molecular complexity index is 803. The Morgan fingerprint density at radius 3 is 1.44 bits per heavy atom. The third-order valence-corrected chi connectivity index (χ3v) is 8.91. The Labute approximate surface area is 311 Å². The van der Waals surface area contributed by atoms with Crippen molar-refractivity contribution >= 4 is 5.97 Å². The van der Waals surface area contributed by atoms with Crippen molar-refractivity contribution in [2.24, 2.45) is 0 Å². The summed E-state index contributed by atoms with van der Waals surface area (Å²) in [5.74, 6) is -0.140. The summed E-state index contributed by atoms with van der Waals surface area (Å²) in [4.78, 5) is 14.3. The van der Waals surface area contributed by atoms with Gasteiger partial charge in [0.1, 0.15) is 12.7 Å². The highest BCUT2D eigenvalue weighted by molar-refractivity contribution is 5.69. The van der Waals surface area contributed by atoms with Crippen molar-refractivity contribution in [2.75, 3.05) is 47.1 Å². The number of hydrogen-bond donors (Lipinski definition) is 0. The normalized spacial score (nSPS) is 12.9. The zero-order valence-electron chi connectivity index (χ0n) is 33.7. The van der Waals surface area contributed by atoms with Crippen LogP contribution in [0.4, 0.5) is 0 Å². The van der Waals surface area contributed by atoms with Crippen LogP contribution in [0.25, 0.3) is 0 Å². The van der Waals surface area contributed by atoms with E-state index in [0.29, 0.717) is 19.6 Å². The van der Waals surface area contributed by atoms with Crippen molar-refractivity contribution in [3.05, 3.63) is 48.6 Å². The lowest BCUT2D eigenvalue weighted by Gasteiger charge is -2.18. The second-order valence-electron chi connectivity index (χ2n) is 14.3. The lowest BCUT2D eigenvalue weighted by atomic mass is 10.1. The Morgan fingerprint density at radius 2 is 0.960 bits per heavy atom. The summed E-state index contributed by atoms with van der Waals surface area (Å²) in [5, 5.41) is 0. The average molecular weight is 702 g/mol. The molecule has 0 aromatic heterocycles. The Balaban J connectivity index is 4.00. The molecule has 0 N–H and O–H groups in total. The van der Waals surface area contributed by atoms with Crippen molar-refractivity contribution in [3.8, 4) is 0 Å². The number of rotatable bonds is 39. The molecule has 5 heteroatoms. The fourth-order valence-corrected chi connectivity index (χ4v) is 5.69. The van der Waals surface area contributed by atoms with Crippen LogP contribution in [-0.4, -0.2) is 64.0 Å². The van der Waals surface area contributed by atoms with Crippen molar-refractivity contribution < 1.29 is 19.0 Å². The molecular formula is C45H83NO4. The standard InChI is InChI=1S/C45H83NO4/c1-5-7-9-11-13-15-17-19-21-23-25-27-29-31-33-35-40-48-42-44(43-50-45(47)38-37-39-46(3)4)49-41-36-34-32-30-28-26-24-22-20-18-16-14-12-10-8-6-2/h13-16,19-22,44H,5-12,17-18,23-43H2,1-4H3. The maximum absolute atomic E-state index is 12.3. The molecule has 0 bridgehead atoms. The topological polar surface area (TPSA) is 48.0 Å². The molecule has 0 aromatic carbocycles. The Morgan fingerprint density at radius 1 is 0.520 bits per heavy atom. The number of allylic oxidation sites excluding steroid dienone is 8. The minimum atomic E-state index is -0.185. The predicted octanol–water partition coefficient (Wildman–Crippen LogP) is 12.9. The molecule has 0 aliphatic carbocycles. The van der Waals surface area contributed by atoms with E-state index in [1.165, 1.54) is 128 Å². The monoisotopic (exact) mass is 702 g/mol. The summed E-state index contributed by atoms with van der Waals surface area (Å²) in [5.41, 5.74) is 0. The fourth-order valence-electron chi connectivity index (χ4n) is 5.69. The first-order valence-electron chi connectivity index (χ1n) is 21.2. The van der Waals surface area contributed by atoms with E-state index in [0.717, 1.165) is 45.3 Å². The van der Waals surface area contributed by atoms with Crippen LogP contribution in [0.2, 0.25) is 0 Å². The van der Waals surface area contributed by atoms with Gasteiger partial charge in [-0.25, -0.2) is 0 Å². The van der Waals surface area contributed by atoms with Gasteiger partial charge in [0.25, 0.3) is 0 Å². The quantitative estimate of drug-likeness (QED) is 0.0363. The van der Waals surface area contributed by atoms with Crippen LogP contribution >= 0.6 is 0 Å². The number of ether oxygens (including phenoxy) is 3. The first kappa shape index (κ1) is 48.3. The zero-order valence-corrected chi connectivity index (χ0v) is 33.7. The van der Waals surface area contributed by atoms with Crippen molar-refractivity contribution in [1.29, 1.82) is 0 Å². The van der Waals surface area contributed by atoms with Crippen LogP contribution in [-0.2, 0) is 19.0 Å². The Kier molecular flexibility index (Phi) is 40.3. The zero-order chi connectivity index (χ0) is 36.4. The molecule has 0 radical (unpaired) electrons. The molecule has 1 atom stereocenters. The van der Waals surface area contributed by atoms with E-state index in [2.05, 4.69) is 67.4 Å². The van der Waals surface area contributed by atoms with Crippen LogP contribution in [0.5, 0.6) is 0 Å². The highest BCUT2D eigenvalue weighted by Crippen LogP contribution is 2.11. The number of hydrogen-bond acceptors (Lipinski definition) is 5. The summed E-state index contributed by atoms with van der Waals surface area (Å²) < 4.78 is 17.7. The number of carbonyl (C=O) groups excluding carboxylic acids is 1. The van der Waals surface area contributed by atoms with Crippen LogP contribution in [0.1, 0.15) is 181 Å². The molecule has 0 saturated carbocycles. The lowest BCUT2D eigenvalue weighted by molar-refractivity contribution is -0.150. The first-order chi connectivity index (χ1) is 24.6. The SMILES string of the molecule is CCCCCC=CCC=CCCCCCCCCOCC(COC(=O)CCCN(C)C)OCCCCCCCCC=CCC=CCCCCC. The van der Waals surface area contributed by atoms with Gasteiger partial charge in [0.2, 0.25) is 0 Å². The molecule has 0 amide bonds. The van der Waals surface area contributed by atoms with Gasteiger partial charge in [-0.3, -0.25) is 4.79 Å². The van der Waals surface area contributed by atoms with E-state index in [1.54, 1.807) is 0 Å². The fraction of sp³-hybridized carbons (Fsp3) is 0.800. The molecule has 0 aliphatic heterocycles. The van der Waals surface area contributed by atoms with Gasteiger partial charge in [-0.05, 0) is 104 Å². The maximum Gasteiger partial charge on any atom is 0.305 e. The van der Waals surface area contributed by atoms with Gasteiger partial charge in [-0.15, -0.1) is 0 Å². The molecule has 0 aliphatic rings. The summed E-state index contributed by atoms with van der Waals surface area (Å²) in [7, 11) is 4.05. The van der Waals surface area contributed by atoms with E-state index in [4.69, 9.17) is 14.2 Å². The maximum atomic E-state index is 12.3. The van der Waals surface area contributed by atoms with Gasteiger partial charge in [0, 0.05) is 19.6 Å². The second kappa shape index (κ2) is 41.7. The van der Waals surface area contributed by atoms with Gasteiger partial charge in [-0.1, -0.05) is 140 Å². The highest BCUT2D eigenvalue weighted by atomic mass is 16.6. The van der Waals surface area contributed by atoms with E-state index in [9.17, 15) is 4.79 Å². The van der Waals surface area contributed by atoms with Gasteiger partial charge in [0.05, 0.1) is 6.61 Å². The van der Waals surface area contributed by atoms with Crippen LogP contribution in [0.15, 0.2) is 48.6 Å². The van der Waals surface area contributed by atoms with Crippen molar-refractivity contribution in [1.82, 2.24) is 4.90 Å². The minimum absolute atomic E-state index is 0.140. The van der Waals surface area contributed by atoms with Crippen LogP contribution in [0.3, 0.4) is 0 Å². The van der Waals surface area contributed by atoms with Gasteiger partial charge >= 0.3 is 5.97 Å². The first-order valence-corrected chi connectivity index (χ1v) is 21.2. The summed E-state index contributed by atoms with van der Waals surface area (Å²) in [6.45, 7) is 7.63. The molecule has 1 unspecified atom stereocenters. The van der Waals surface area contributed by atoms with Gasteiger partial charge in [0.15, 0.2) is 0 Å². The van der Waals surface area contributed by atoms with Crippen LogP contribution < -0.4 is 0 Å². The number of esters is 1. The molecule has 0 rings (SSSR count). The third-order valence-electron chi connectivity index (χ3n) is 8.91. The summed E-state index contributed by atoms with van der Waals surface area (Å²) >= 11 is 0. The van der Waals surface area contributed by atoms with Gasteiger partial charge < -0.3 is 19.1 Å². The smallest absolute Gasteiger partial charge is 0.305 e. The second-order valence-corrected chi connectivity index (χ2v) is 14.3.